The molecule has 0 saturated carbocycles. The van der Waals surface area contributed by atoms with Gasteiger partial charge in [0.05, 0.1) is 12.2 Å². The molecule has 0 spiro atoms. The lowest BCUT2D eigenvalue weighted by molar-refractivity contribution is 0.101. The summed E-state index contributed by atoms with van der Waals surface area (Å²) in [5.41, 5.74) is 3.48. The van der Waals surface area contributed by atoms with Crippen molar-refractivity contribution >= 4 is 17.3 Å². The molecule has 128 valence electrons. The maximum atomic E-state index is 12.6. The van der Waals surface area contributed by atoms with E-state index in [1.54, 1.807) is 19.2 Å². The van der Waals surface area contributed by atoms with Crippen molar-refractivity contribution in [3.63, 3.8) is 0 Å². The van der Waals surface area contributed by atoms with E-state index in [0.29, 0.717) is 24.5 Å². The summed E-state index contributed by atoms with van der Waals surface area (Å²) in [5.74, 6) is 0.355. The Morgan fingerprint density at radius 1 is 1.12 bits per heavy atom. The molecule has 24 heavy (non-hydrogen) atoms. The summed E-state index contributed by atoms with van der Waals surface area (Å²) in [4.78, 5) is 14.6. The zero-order chi connectivity index (χ0) is 17.5. The molecule has 1 amide bonds. The fourth-order valence-electron chi connectivity index (χ4n) is 2.45. The number of carbonyl (C=O) groups is 1. The molecular formula is C19H24N2O3. The molecule has 1 N–H and O–H groups in total. The second kappa shape index (κ2) is 8.36. The summed E-state index contributed by atoms with van der Waals surface area (Å²) >= 11 is 0. The molecule has 0 atom stereocenters. The highest BCUT2D eigenvalue weighted by Crippen LogP contribution is 2.24. The van der Waals surface area contributed by atoms with Crippen molar-refractivity contribution in [1.82, 2.24) is 0 Å². The van der Waals surface area contributed by atoms with Crippen LogP contribution >= 0.6 is 0 Å². The van der Waals surface area contributed by atoms with E-state index in [-0.39, 0.29) is 5.91 Å². The third-order valence-corrected chi connectivity index (χ3v) is 3.61. The van der Waals surface area contributed by atoms with E-state index in [2.05, 4.69) is 5.32 Å². The summed E-state index contributed by atoms with van der Waals surface area (Å²) in [6.07, 6.45) is 0. The first-order chi connectivity index (χ1) is 11.5. The Morgan fingerprint density at radius 2 is 1.88 bits per heavy atom. The molecule has 0 aliphatic rings. The van der Waals surface area contributed by atoms with Crippen LogP contribution in [-0.2, 0) is 4.74 Å². The number of carbonyl (C=O) groups excluding carboxylic acids is 1. The van der Waals surface area contributed by atoms with Crippen LogP contribution < -0.4 is 15.0 Å². The number of methoxy groups -OCH3 is 1. The highest BCUT2D eigenvalue weighted by molar-refractivity contribution is 6.06. The van der Waals surface area contributed by atoms with Crippen LogP contribution in [0.15, 0.2) is 42.5 Å². The minimum atomic E-state index is -0.194. The van der Waals surface area contributed by atoms with E-state index in [4.69, 9.17) is 9.47 Å². The Labute approximate surface area is 143 Å². The second-order valence-electron chi connectivity index (χ2n) is 5.69. The predicted octanol–water partition coefficient (Wildman–Crippen LogP) is 3.34. The van der Waals surface area contributed by atoms with Crippen LogP contribution in [0.4, 0.5) is 11.4 Å². The monoisotopic (exact) mass is 328 g/mol. The van der Waals surface area contributed by atoms with Gasteiger partial charge < -0.3 is 19.7 Å². The Bertz CT molecular complexity index is 699. The number of amides is 1. The van der Waals surface area contributed by atoms with Gasteiger partial charge >= 0.3 is 0 Å². The van der Waals surface area contributed by atoms with Crippen molar-refractivity contribution in [2.75, 3.05) is 44.6 Å². The number of rotatable bonds is 7. The molecule has 0 saturated heterocycles. The molecule has 2 aromatic rings. The van der Waals surface area contributed by atoms with Crippen LogP contribution in [0.2, 0.25) is 0 Å². The molecule has 0 unspecified atom stereocenters. The maximum Gasteiger partial charge on any atom is 0.259 e. The van der Waals surface area contributed by atoms with Crippen molar-refractivity contribution < 1.29 is 14.3 Å². The number of nitrogens with zero attached hydrogens (tertiary/aromatic N) is 1. The van der Waals surface area contributed by atoms with Crippen molar-refractivity contribution in [3.8, 4) is 5.75 Å². The molecule has 0 radical (unpaired) electrons. The number of aryl methyl sites for hydroxylation is 1. The summed E-state index contributed by atoms with van der Waals surface area (Å²) in [6.45, 7) is 2.89. The van der Waals surface area contributed by atoms with Crippen LogP contribution in [0.25, 0.3) is 0 Å². The van der Waals surface area contributed by atoms with Gasteiger partial charge in [-0.05, 0) is 42.8 Å². The summed E-state index contributed by atoms with van der Waals surface area (Å²) in [6, 6.07) is 13.0. The standard InChI is InChI=1S/C19H24N2O3/c1-14-13-15(9-10-17(14)21(2)3)20-19(22)16-7-5-6-8-18(16)24-12-11-23-4/h5-10,13H,11-12H2,1-4H3,(H,20,22). The number of ether oxygens (including phenoxy) is 2. The predicted molar refractivity (Wildman–Crippen MR) is 97.3 cm³/mol. The molecule has 0 aliphatic heterocycles. The lowest BCUT2D eigenvalue weighted by atomic mass is 10.1. The van der Waals surface area contributed by atoms with Gasteiger partial charge in [0.15, 0.2) is 0 Å². The zero-order valence-corrected chi connectivity index (χ0v) is 14.6. The topological polar surface area (TPSA) is 50.8 Å². The van der Waals surface area contributed by atoms with Gasteiger partial charge in [0.2, 0.25) is 0 Å². The smallest absolute Gasteiger partial charge is 0.259 e. The van der Waals surface area contributed by atoms with Gasteiger partial charge in [-0.25, -0.2) is 0 Å². The molecule has 0 fully saturated rings. The van der Waals surface area contributed by atoms with Gasteiger partial charge in [0.1, 0.15) is 12.4 Å². The fraction of sp³-hybridized carbons (Fsp3) is 0.316. The number of hydrogen-bond donors (Lipinski definition) is 1. The van der Waals surface area contributed by atoms with Gasteiger partial charge in [-0.3, -0.25) is 4.79 Å². The Morgan fingerprint density at radius 3 is 2.54 bits per heavy atom. The highest BCUT2D eigenvalue weighted by atomic mass is 16.5. The van der Waals surface area contributed by atoms with Crippen LogP contribution in [0.3, 0.4) is 0 Å². The van der Waals surface area contributed by atoms with Crippen molar-refractivity contribution in [1.29, 1.82) is 0 Å². The molecule has 2 rings (SSSR count). The third kappa shape index (κ3) is 4.49. The minimum Gasteiger partial charge on any atom is -0.490 e. The van der Waals surface area contributed by atoms with Crippen LogP contribution in [0.5, 0.6) is 5.75 Å². The fourth-order valence-corrected chi connectivity index (χ4v) is 2.45. The largest absolute Gasteiger partial charge is 0.490 e. The first-order valence-electron chi connectivity index (χ1n) is 7.83. The number of hydrogen-bond acceptors (Lipinski definition) is 4. The molecule has 0 heterocycles. The lowest BCUT2D eigenvalue weighted by Gasteiger charge is -2.17. The van der Waals surface area contributed by atoms with Crippen LogP contribution in [0.1, 0.15) is 15.9 Å². The Balaban J connectivity index is 2.14. The first kappa shape index (κ1) is 17.8. The lowest BCUT2D eigenvalue weighted by Crippen LogP contribution is -2.15. The van der Waals surface area contributed by atoms with Gasteiger partial charge in [-0.15, -0.1) is 0 Å². The van der Waals surface area contributed by atoms with Gasteiger partial charge in [-0.2, -0.15) is 0 Å². The molecule has 0 aliphatic carbocycles. The van der Waals surface area contributed by atoms with Gasteiger partial charge in [-0.1, -0.05) is 12.1 Å². The van der Waals surface area contributed by atoms with Gasteiger partial charge in [0.25, 0.3) is 5.91 Å². The molecule has 5 nitrogen and oxygen atoms in total. The van der Waals surface area contributed by atoms with Crippen LogP contribution in [0, 0.1) is 6.92 Å². The summed E-state index contributed by atoms with van der Waals surface area (Å²) in [7, 11) is 5.60. The van der Waals surface area contributed by atoms with E-state index in [1.165, 1.54) is 0 Å². The SMILES string of the molecule is COCCOc1ccccc1C(=O)Nc1ccc(N(C)C)c(C)c1. The first-order valence-corrected chi connectivity index (χ1v) is 7.83. The third-order valence-electron chi connectivity index (χ3n) is 3.61. The Kier molecular flexibility index (Phi) is 6.21. The van der Waals surface area contributed by atoms with Crippen molar-refractivity contribution in [2.24, 2.45) is 0 Å². The van der Waals surface area contributed by atoms with Crippen molar-refractivity contribution in [3.05, 3.63) is 53.6 Å². The second-order valence-corrected chi connectivity index (χ2v) is 5.69. The quantitative estimate of drug-likeness (QED) is 0.792. The van der Waals surface area contributed by atoms with E-state index in [9.17, 15) is 4.79 Å². The minimum absolute atomic E-state index is 0.194. The zero-order valence-electron chi connectivity index (χ0n) is 14.6. The molecule has 0 aromatic heterocycles. The Hall–Kier alpha value is -2.53. The molecule has 5 heteroatoms. The molecule has 2 aromatic carbocycles. The van der Waals surface area contributed by atoms with Crippen molar-refractivity contribution in [2.45, 2.75) is 6.92 Å². The number of nitrogens with one attached hydrogen (secondary N) is 1. The maximum absolute atomic E-state index is 12.6. The number of para-hydroxylation sites is 1. The summed E-state index contributed by atoms with van der Waals surface area (Å²) in [5, 5.41) is 2.93. The molecular weight excluding hydrogens is 304 g/mol. The normalized spacial score (nSPS) is 10.3. The van der Waals surface area contributed by atoms with E-state index in [1.807, 2.05) is 56.3 Å². The average Bonchev–Trinajstić information content (AvgIpc) is 2.55. The van der Waals surface area contributed by atoms with E-state index < -0.39 is 0 Å². The molecule has 0 bridgehead atoms. The number of benzene rings is 2. The van der Waals surface area contributed by atoms with E-state index >= 15 is 0 Å². The number of anilines is 2. The summed E-state index contributed by atoms with van der Waals surface area (Å²) < 4.78 is 10.6. The van der Waals surface area contributed by atoms with E-state index in [0.717, 1.165) is 16.9 Å². The highest BCUT2D eigenvalue weighted by Gasteiger charge is 2.13. The van der Waals surface area contributed by atoms with Gasteiger partial charge in [0, 0.05) is 32.6 Å². The van der Waals surface area contributed by atoms with Crippen LogP contribution in [-0.4, -0.2) is 40.3 Å². The average molecular weight is 328 g/mol.